The number of nitrogens with one attached hydrogen (secondary N) is 2. The summed E-state index contributed by atoms with van der Waals surface area (Å²) < 4.78 is 0. The standard InChI is InChI=1S/C13H13N3O/c17-12(10-8-14-15-9-10)16-13(6-7-13)11-4-2-1-3-5-11/h1-5,8-9H,6-7H2,(H,14,15)(H,16,17). The first-order chi connectivity index (χ1) is 8.30. The number of carbonyl (C=O) groups excluding carboxylic acids is 1. The van der Waals surface area contributed by atoms with Gasteiger partial charge < -0.3 is 5.32 Å². The van der Waals surface area contributed by atoms with Gasteiger partial charge in [0.05, 0.1) is 17.3 Å². The summed E-state index contributed by atoms with van der Waals surface area (Å²) in [5.74, 6) is -0.0693. The molecule has 1 fully saturated rings. The number of carbonyl (C=O) groups is 1. The third-order valence-electron chi connectivity index (χ3n) is 3.19. The predicted octanol–water partition coefficient (Wildman–Crippen LogP) is 1.83. The second-order valence-electron chi connectivity index (χ2n) is 4.39. The summed E-state index contributed by atoms with van der Waals surface area (Å²) in [6, 6.07) is 10.1. The van der Waals surface area contributed by atoms with Gasteiger partial charge in [-0.3, -0.25) is 9.89 Å². The lowest BCUT2D eigenvalue weighted by Crippen LogP contribution is -2.34. The van der Waals surface area contributed by atoms with Gasteiger partial charge in [-0.05, 0) is 18.4 Å². The van der Waals surface area contributed by atoms with Gasteiger partial charge in [0.25, 0.3) is 5.91 Å². The molecule has 4 nitrogen and oxygen atoms in total. The monoisotopic (exact) mass is 227 g/mol. The predicted molar refractivity (Wildman–Crippen MR) is 63.4 cm³/mol. The Bertz CT molecular complexity index is 515. The molecule has 1 heterocycles. The highest BCUT2D eigenvalue weighted by Crippen LogP contribution is 2.45. The Morgan fingerprint density at radius 1 is 1.29 bits per heavy atom. The van der Waals surface area contributed by atoms with E-state index in [0.29, 0.717) is 5.56 Å². The van der Waals surface area contributed by atoms with Gasteiger partial charge in [-0.1, -0.05) is 30.3 Å². The Morgan fingerprint density at radius 3 is 2.65 bits per heavy atom. The Kier molecular flexibility index (Phi) is 2.21. The van der Waals surface area contributed by atoms with Crippen LogP contribution in [0.1, 0.15) is 28.8 Å². The summed E-state index contributed by atoms with van der Waals surface area (Å²) in [5, 5.41) is 9.51. The molecule has 4 heteroatoms. The molecule has 0 spiro atoms. The van der Waals surface area contributed by atoms with Crippen LogP contribution in [0, 0.1) is 0 Å². The van der Waals surface area contributed by atoms with E-state index in [1.807, 2.05) is 18.2 Å². The number of rotatable bonds is 3. The molecule has 0 aliphatic heterocycles. The first-order valence-electron chi connectivity index (χ1n) is 5.67. The van der Waals surface area contributed by atoms with Crippen LogP contribution in [-0.4, -0.2) is 16.1 Å². The number of amides is 1. The highest BCUT2D eigenvalue weighted by molar-refractivity contribution is 5.94. The number of aromatic amines is 1. The zero-order chi connectivity index (χ0) is 11.7. The molecule has 2 N–H and O–H groups in total. The van der Waals surface area contributed by atoms with Crippen LogP contribution in [0.2, 0.25) is 0 Å². The Labute approximate surface area is 99.1 Å². The summed E-state index contributed by atoms with van der Waals surface area (Å²) in [6.07, 6.45) is 5.15. The van der Waals surface area contributed by atoms with E-state index in [9.17, 15) is 4.79 Å². The number of H-pyrrole nitrogens is 1. The van der Waals surface area contributed by atoms with Crippen LogP contribution in [-0.2, 0) is 5.54 Å². The summed E-state index contributed by atoms with van der Waals surface area (Å²) in [5.41, 5.74) is 1.60. The minimum atomic E-state index is -0.157. The molecule has 0 atom stereocenters. The zero-order valence-corrected chi connectivity index (χ0v) is 9.31. The maximum atomic E-state index is 12.0. The lowest BCUT2D eigenvalue weighted by atomic mass is 10.0. The molecule has 1 saturated carbocycles. The molecule has 0 bridgehead atoms. The maximum absolute atomic E-state index is 12.0. The van der Waals surface area contributed by atoms with Crippen LogP contribution in [0.25, 0.3) is 0 Å². The smallest absolute Gasteiger partial charge is 0.255 e. The first-order valence-corrected chi connectivity index (χ1v) is 5.67. The Balaban J connectivity index is 1.80. The minimum absolute atomic E-state index is 0.0693. The van der Waals surface area contributed by atoms with Crippen molar-refractivity contribution in [3.05, 3.63) is 53.9 Å². The first kappa shape index (κ1) is 10.1. The fourth-order valence-corrected chi connectivity index (χ4v) is 2.03. The van der Waals surface area contributed by atoms with Gasteiger partial charge in [0.15, 0.2) is 0 Å². The van der Waals surface area contributed by atoms with Crippen LogP contribution in [0.15, 0.2) is 42.7 Å². The van der Waals surface area contributed by atoms with Crippen molar-refractivity contribution < 1.29 is 4.79 Å². The molecule has 2 aromatic rings. The van der Waals surface area contributed by atoms with Gasteiger partial charge in [-0.25, -0.2) is 0 Å². The highest BCUT2D eigenvalue weighted by Gasteiger charge is 2.45. The molecule has 1 aliphatic rings. The van der Waals surface area contributed by atoms with Crippen molar-refractivity contribution in [3.63, 3.8) is 0 Å². The maximum Gasteiger partial charge on any atom is 0.255 e. The summed E-state index contributed by atoms with van der Waals surface area (Å²) in [4.78, 5) is 12.0. The number of hydrogen-bond donors (Lipinski definition) is 2. The summed E-state index contributed by atoms with van der Waals surface area (Å²) in [7, 11) is 0. The number of aromatic nitrogens is 2. The molecule has 1 amide bonds. The van der Waals surface area contributed by atoms with Gasteiger partial charge >= 0.3 is 0 Å². The van der Waals surface area contributed by atoms with E-state index < -0.39 is 0 Å². The zero-order valence-electron chi connectivity index (χ0n) is 9.31. The van der Waals surface area contributed by atoms with E-state index in [-0.39, 0.29) is 11.4 Å². The fraction of sp³-hybridized carbons (Fsp3) is 0.231. The number of hydrogen-bond acceptors (Lipinski definition) is 2. The van der Waals surface area contributed by atoms with E-state index in [2.05, 4.69) is 27.6 Å². The lowest BCUT2D eigenvalue weighted by molar-refractivity contribution is 0.0931. The molecule has 3 rings (SSSR count). The van der Waals surface area contributed by atoms with Gasteiger partial charge in [-0.2, -0.15) is 5.10 Å². The van der Waals surface area contributed by atoms with Crippen molar-refractivity contribution in [2.75, 3.05) is 0 Å². The minimum Gasteiger partial charge on any atom is -0.342 e. The molecule has 1 aromatic carbocycles. The van der Waals surface area contributed by atoms with E-state index in [1.165, 1.54) is 11.8 Å². The number of benzene rings is 1. The van der Waals surface area contributed by atoms with Crippen LogP contribution in [0.4, 0.5) is 0 Å². The normalized spacial score (nSPS) is 16.5. The van der Waals surface area contributed by atoms with Crippen molar-refractivity contribution in [3.8, 4) is 0 Å². The second kappa shape index (κ2) is 3.73. The van der Waals surface area contributed by atoms with E-state index in [1.54, 1.807) is 6.20 Å². The van der Waals surface area contributed by atoms with E-state index in [0.717, 1.165) is 12.8 Å². The average molecular weight is 227 g/mol. The van der Waals surface area contributed by atoms with Crippen LogP contribution < -0.4 is 5.32 Å². The molecule has 17 heavy (non-hydrogen) atoms. The fourth-order valence-electron chi connectivity index (χ4n) is 2.03. The van der Waals surface area contributed by atoms with Crippen molar-refractivity contribution in [1.29, 1.82) is 0 Å². The molecule has 1 aromatic heterocycles. The molecule has 1 aliphatic carbocycles. The quantitative estimate of drug-likeness (QED) is 0.840. The van der Waals surface area contributed by atoms with Crippen LogP contribution >= 0.6 is 0 Å². The van der Waals surface area contributed by atoms with Crippen LogP contribution in [0.3, 0.4) is 0 Å². The van der Waals surface area contributed by atoms with Crippen molar-refractivity contribution in [2.45, 2.75) is 18.4 Å². The van der Waals surface area contributed by atoms with Crippen molar-refractivity contribution in [2.24, 2.45) is 0 Å². The second-order valence-corrected chi connectivity index (χ2v) is 4.39. The molecule has 86 valence electrons. The average Bonchev–Trinajstić information content (AvgIpc) is 2.94. The van der Waals surface area contributed by atoms with Gasteiger partial charge in [-0.15, -0.1) is 0 Å². The topological polar surface area (TPSA) is 57.8 Å². The SMILES string of the molecule is O=C(NC1(c2ccccc2)CC1)c1cn[nH]c1. The third-order valence-corrected chi connectivity index (χ3v) is 3.19. The Hall–Kier alpha value is -2.10. The van der Waals surface area contributed by atoms with Gasteiger partial charge in [0, 0.05) is 6.20 Å². The lowest BCUT2D eigenvalue weighted by Gasteiger charge is -2.17. The van der Waals surface area contributed by atoms with Gasteiger partial charge in [0.1, 0.15) is 0 Å². The molecular weight excluding hydrogens is 214 g/mol. The number of nitrogens with zero attached hydrogens (tertiary/aromatic N) is 1. The van der Waals surface area contributed by atoms with Crippen molar-refractivity contribution in [1.82, 2.24) is 15.5 Å². The molecular formula is C13H13N3O. The van der Waals surface area contributed by atoms with E-state index in [4.69, 9.17) is 0 Å². The van der Waals surface area contributed by atoms with Gasteiger partial charge in [0.2, 0.25) is 0 Å². The highest BCUT2D eigenvalue weighted by atomic mass is 16.1. The molecule has 0 saturated heterocycles. The van der Waals surface area contributed by atoms with Crippen LogP contribution in [0.5, 0.6) is 0 Å². The summed E-state index contributed by atoms with van der Waals surface area (Å²) >= 11 is 0. The third kappa shape index (κ3) is 1.82. The molecule has 0 unspecified atom stereocenters. The molecule has 0 radical (unpaired) electrons. The summed E-state index contributed by atoms with van der Waals surface area (Å²) in [6.45, 7) is 0. The van der Waals surface area contributed by atoms with E-state index >= 15 is 0 Å². The largest absolute Gasteiger partial charge is 0.342 e. The van der Waals surface area contributed by atoms with Crippen molar-refractivity contribution >= 4 is 5.91 Å². The Morgan fingerprint density at radius 2 is 2.06 bits per heavy atom.